The summed E-state index contributed by atoms with van der Waals surface area (Å²) in [6.07, 6.45) is 2.50. The molecule has 1 fully saturated rings. The maximum absolute atomic E-state index is 12.9. The van der Waals surface area contributed by atoms with Gasteiger partial charge in [0.05, 0.1) is 0 Å². The summed E-state index contributed by atoms with van der Waals surface area (Å²) in [6, 6.07) is 7.07. The number of nitrogens with one attached hydrogen (secondary N) is 2. The Kier molecular flexibility index (Phi) is 6.74. The zero-order valence-corrected chi connectivity index (χ0v) is 16.5. The Labute approximate surface area is 162 Å². The molecule has 6 heteroatoms. The van der Waals surface area contributed by atoms with Crippen LogP contribution < -0.4 is 10.6 Å². The lowest BCUT2D eigenvalue weighted by molar-refractivity contribution is -0.121. The number of benzene rings is 1. The molecule has 0 aromatic heterocycles. The summed E-state index contributed by atoms with van der Waals surface area (Å²) in [5.41, 5.74) is 2.31. The third kappa shape index (κ3) is 4.62. The van der Waals surface area contributed by atoms with Crippen molar-refractivity contribution in [2.45, 2.75) is 32.7 Å². The van der Waals surface area contributed by atoms with Crippen molar-refractivity contribution in [2.24, 2.45) is 0 Å². The van der Waals surface area contributed by atoms with E-state index in [4.69, 9.17) is 0 Å². The monoisotopic (exact) mass is 372 g/mol. The van der Waals surface area contributed by atoms with E-state index in [-0.39, 0.29) is 11.7 Å². The first-order chi connectivity index (χ1) is 13.1. The molecule has 0 saturated carbocycles. The van der Waals surface area contributed by atoms with Gasteiger partial charge in [0, 0.05) is 36.5 Å². The van der Waals surface area contributed by atoms with Gasteiger partial charge in [0.2, 0.25) is 5.91 Å². The van der Waals surface area contributed by atoms with E-state index in [9.17, 15) is 9.90 Å². The van der Waals surface area contributed by atoms with E-state index in [1.165, 1.54) is 12.8 Å². The molecular weight excluding hydrogens is 340 g/mol. The SMILES string of the molecule is CCN(CC)CC1=C(O)c2ccccc2NC1C(=O)NCCN1CCCC1. The van der Waals surface area contributed by atoms with Crippen molar-refractivity contribution in [2.75, 3.05) is 51.1 Å². The summed E-state index contributed by atoms with van der Waals surface area (Å²) < 4.78 is 0. The Morgan fingerprint density at radius 2 is 1.96 bits per heavy atom. The van der Waals surface area contributed by atoms with Crippen LogP contribution in [0.25, 0.3) is 5.76 Å². The fourth-order valence-corrected chi connectivity index (χ4v) is 3.89. The smallest absolute Gasteiger partial charge is 0.247 e. The molecule has 0 radical (unpaired) electrons. The van der Waals surface area contributed by atoms with Gasteiger partial charge in [0.15, 0.2) is 0 Å². The maximum Gasteiger partial charge on any atom is 0.247 e. The first-order valence-electron chi connectivity index (χ1n) is 10.1. The number of fused-ring (bicyclic) bond motifs is 1. The summed E-state index contributed by atoms with van der Waals surface area (Å²) in [7, 11) is 0. The molecule has 0 bridgehead atoms. The fourth-order valence-electron chi connectivity index (χ4n) is 3.89. The van der Waals surface area contributed by atoms with Crippen molar-refractivity contribution in [3.05, 3.63) is 35.4 Å². The second kappa shape index (κ2) is 9.24. The van der Waals surface area contributed by atoms with Crippen LogP contribution >= 0.6 is 0 Å². The third-order valence-electron chi connectivity index (χ3n) is 5.61. The van der Waals surface area contributed by atoms with Gasteiger partial charge in [-0.3, -0.25) is 9.69 Å². The molecule has 1 atom stereocenters. The largest absolute Gasteiger partial charge is 0.507 e. The van der Waals surface area contributed by atoms with Gasteiger partial charge in [0.25, 0.3) is 0 Å². The molecule has 2 heterocycles. The second-order valence-corrected chi connectivity index (χ2v) is 7.30. The average Bonchev–Trinajstić information content (AvgIpc) is 3.20. The van der Waals surface area contributed by atoms with Crippen molar-refractivity contribution in [3.8, 4) is 0 Å². The summed E-state index contributed by atoms with van der Waals surface area (Å²) in [5, 5.41) is 17.3. The van der Waals surface area contributed by atoms with Crippen LogP contribution in [-0.2, 0) is 4.79 Å². The number of anilines is 1. The summed E-state index contributed by atoms with van der Waals surface area (Å²) >= 11 is 0. The molecule has 0 spiro atoms. The lowest BCUT2D eigenvalue weighted by Crippen LogP contribution is -2.47. The molecule has 2 aliphatic heterocycles. The van der Waals surface area contributed by atoms with Gasteiger partial charge in [0.1, 0.15) is 11.8 Å². The third-order valence-corrected chi connectivity index (χ3v) is 5.61. The van der Waals surface area contributed by atoms with Gasteiger partial charge in [-0.15, -0.1) is 0 Å². The number of aliphatic hydroxyl groups excluding tert-OH is 1. The normalized spacial score (nSPS) is 19.9. The molecule has 1 aromatic rings. The Balaban J connectivity index is 1.74. The highest BCUT2D eigenvalue weighted by atomic mass is 16.3. The summed E-state index contributed by atoms with van der Waals surface area (Å²) in [4.78, 5) is 17.5. The standard InChI is InChI=1S/C21H32N4O2/c1-3-24(4-2)15-17-19(21(27)22-11-14-25-12-7-8-13-25)23-18-10-6-5-9-16(18)20(17)26/h5-6,9-10,19,23,26H,3-4,7-8,11-15H2,1-2H3,(H,22,27). The fraction of sp³-hybridized carbons (Fsp3) is 0.571. The number of para-hydroxylation sites is 1. The number of aliphatic hydroxyl groups is 1. The van der Waals surface area contributed by atoms with Crippen LogP contribution in [0.3, 0.4) is 0 Å². The molecule has 6 nitrogen and oxygen atoms in total. The number of hydrogen-bond acceptors (Lipinski definition) is 5. The van der Waals surface area contributed by atoms with Crippen LogP contribution in [-0.4, -0.2) is 72.7 Å². The minimum atomic E-state index is -0.543. The summed E-state index contributed by atoms with van der Waals surface area (Å²) in [5.74, 6) is 0.161. The van der Waals surface area contributed by atoms with E-state index in [1.54, 1.807) is 0 Å². The summed E-state index contributed by atoms with van der Waals surface area (Å²) in [6.45, 7) is 10.3. The van der Waals surface area contributed by atoms with Crippen LogP contribution in [0.15, 0.2) is 29.8 Å². The topological polar surface area (TPSA) is 67.8 Å². The van der Waals surface area contributed by atoms with Crippen molar-refractivity contribution >= 4 is 17.4 Å². The van der Waals surface area contributed by atoms with Gasteiger partial charge in [-0.1, -0.05) is 26.0 Å². The van der Waals surface area contributed by atoms with E-state index in [2.05, 4.69) is 34.3 Å². The van der Waals surface area contributed by atoms with Crippen molar-refractivity contribution in [1.29, 1.82) is 0 Å². The van der Waals surface area contributed by atoms with Crippen molar-refractivity contribution in [1.82, 2.24) is 15.1 Å². The molecule has 27 heavy (non-hydrogen) atoms. The number of likely N-dealkylation sites (tertiary alicyclic amines) is 1. The minimum Gasteiger partial charge on any atom is -0.507 e. The number of rotatable bonds is 8. The predicted molar refractivity (Wildman–Crippen MR) is 110 cm³/mol. The van der Waals surface area contributed by atoms with Crippen LogP contribution in [0.4, 0.5) is 5.69 Å². The molecule has 0 aliphatic carbocycles. The van der Waals surface area contributed by atoms with Crippen LogP contribution in [0.2, 0.25) is 0 Å². The molecule has 1 unspecified atom stereocenters. The number of nitrogens with zero attached hydrogens (tertiary/aromatic N) is 2. The zero-order chi connectivity index (χ0) is 19.2. The molecule has 2 aliphatic rings. The zero-order valence-electron chi connectivity index (χ0n) is 16.5. The van der Waals surface area contributed by atoms with E-state index in [1.807, 2.05) is 24.3 Å². The minimum absolute atomic E-state index is 0.0718. The quantitative estimate of drug-likeness (QED) is 0.653. The number of carbonyl (C=O) groups excluding carboxylic acids is 1. The highest BCUT2D eigenvalue weighted by Crippen LogP contribution is 2.32. The molecular formula is C21H32N4O2. The highest BCUT2D eigenvalue weighted by Gasteiger charge is 2.32. The van der Waals surface area contributed by atoms with E-state index in [0.717, 1.165) is 49.5 Å². The second-order valence-electron chi connectivity index (χ2n) is 7.30. The lowest BCUT2D eigenvalue weighted by atomic mass is 9.94. The predicted octanol–water partition coefficient (Wildman–Crippen LogP) is 2.30. The first-order valence-corrected chi connectivity index (χ1v) is 10.1. The Bertz CT molecular complexity index is 679. The van der Waals surface area contributed by atoms with E-state index >= 15 is 0 Å². The molecule has 1 aromatic carbocycles. The van der Waals surface area contributed by atoms with Crippen LogP contribution in [0, 0.1) is 0 Å². The van der Waals surface area contributed by atoms with Gasteiger partial charge in [-0.2, -0.15) is 0 Å². The van der Waals surface area contributed by atoms with E-state index in [0.29, 0.717) is 13.1 Å². The van der Waals surface area contributed by atoms with Gasteiger partial charge >= 0.3 is 0 Å². The van der Waals surface area contributed by atoms with Crippen LogP contribution in [0.5, 0.6) is 0 Å². The average molecular weight is 373 g/mol. The maximum atomic E-state index is 12.9. The number of carbonyl (C=O) groups is 1. The lowest BCUT2D eigenvalue weighted by Gasteiger charge is -2.32. The molecule has 3 N–H and O–H groups in total. The Hall–Kier alpha value is -2.05. The van der Waals surface area contributed by atoms with Gasteiger partial charge in [-0.25, -0.2) is 0 Å². The van der Waals surface area contributed by atoms with Crippen molar-refractivity contribution in [3.63, 3.8) is 0 Å². The molecule has 1 amide bonds. The van der Waals surface area contributed by atoms with E-state index < -0.39 is 6.04 Å². The number of likely N-dealkylation sites (N-methyl/N-ethyl adjacent to an activating group) is 1. The number of hydrogen-bond donors (Lipinski definition) is 3. The Morgan fingerprint density at radius 1 is 1.26 bits per heavy atom. The van der Waals surface area contributed by atoms with Gasteiger partial charge < -0.3 is 20.6 Å². The molecule has 148 valence electrons. The van der Waals surface area contributed by atoms with Crippen molar-refractivity contribution < 1.29 is 9.90 Å². The first kappa shape index (κ1) is 19.7. The molecule has 1 saturated heterocycles. The van der Waals surface area contributed by atoms with Crippen LogP contribution in [0.1, 0.15) is 32.3 Å². The number of amides is 1. The molecule has 3 rings (SSSR count). The van der Waals surface area contributed by atoms with Gasteiger partial charge in [-0.05, 0) is 51.2 Å². The Morgan fingerprint density at radius 3 is 2.67 bits per heavy atom. The highest BCUT2D eigenvalue weighted by molar-refractivity contribution is 5.94.